The van der Waals surface area contributed by atoms with Crippen LogP contribution in [0.1, 0.15) is 132 Å². The van der Waals surface area contributed by atoms with Gasteiger partial charge in [-0.25, -0.2) is 0 Å². The Balaban J connectivity index is 0.000000147. The van der Waals surface area contributed by atoms with E-state index in [9.17, 15) is 19.2 Å². The van der Waals surface area contributed by atoms with Crippen LogP contribution in [0.15, 0.2) is 71.5 Å². The lowest BCUT2D eigenvalue weighted by Gasteiger charge is -2.31. The minimum atomic E-state index is -0.109. The average molecular weight is 893 g/mol. The minimum Gasteiger partial charge on any atom is -0.494 e. The Morgan fingerprint density at radius 3 is 1.68 bits per heavy atom. The van der Waals surface area contributed by atoms with E-state index in [-0.39, 0.29) is 35.1 Å². The number of aromatic nitrogens is 1. The lowest BCUT2D eigenvalue weighted by atomic mass is 9.94. The zero-order valence-corrected chi connectivity index (χ0v) is 38.5. The number of nitrogens with one attached hydrogen (secondary N) is 3. The van der Waals surface area contributed by atoms with Crippen molar-refractivity contribution in [2.45, 2.75) is 139 Å². The van der Waals surface area contributed by atoms with Gasteiger partial charge >= 0.3 is 0 Å². The van der Waals surface area contributed by atoms with Crippen LogP contribution in [0, 0.1) is 0 Å². The molecule has 0 radical (unpaired) electrons. The molecule has 13 heteroatoms. The van der Waals surface area contributed by atoms with Gasteiger partial charge in [0.05, 0.1) is 33.0 Å². The number of aromatic amines is 1. The van der Waals surface area contributed by atoms with Crippen molar-refractivity contribution in [1.82, 2.24) is 20.5 Å². The largest absolute Gasteiger partial charge is 0.494 e. The van der Waals surface area contributed by atoms with Crippen LogP contribution in [0.4, 0.5) is 0 Å². The van der Waals surface area contributed by atoms with Crippen LogP contribution in [0.3, 0.4) is 0 Å². The maximum absolute atomic E-state index is 12.3. The molecule has 5 aliphatic rings. The Morgan fingerprint density at radius 2 is 1.17 bits per heavy atom. The van der Waals surface area contributed by atoms with Gasteiger partial charge in [-0.1, -0.05) is 31.4 Å². The highest BCUT2D eigenvalue weighted by Gasteiger charge is 2.27. The fraction of sp³-hybridized carbons (Fsp3) is 0.538. The predicted octanol–water partition coefficient (Wildman–Crippen LogP) is 8.72. The van der Waals surface area contributed by atoms with Crippen LogP contribution in [0.25, 0.3) is 10.9 Å². The molecule has 3 aliphatic carbocycles. The van der Waals surface area contributed by atoms with Crippen molar-refractivity contribution in [3.05, 3.63) is 88.2 Å². The van der Waals surface area contributed by atoms with E-state index >= 15 is 0 Å². The first-order valence-electron chi connectivity index (χ1n) is 23.9. The van der Waals surface area contributed by atoms with E-state index in [0.717, 1.165) is 89.3 Å². The Kier molecular flexibility index (Phi) is 17.1. The van der Waals surface area contributed by atoms with Crippen LogP contribution in [-0.2, 0) is 14.4 Å². The van der Waals surface area contributed by atoms with Crippen LogP contribution in [-0.4, -0.2) is 86.8 Å². The molecule has 3 saturated carbocycles. The lowest BCUT2D eigenvalue weighted by Crippen LogP contribution is -2.38. The summed E-state index contributed by atoms with van der Waals surface area (Å²) in [6.07, 6.45) is 18.5. The summed E-state index contributed by atoms with van der Waals surface area (Å²) in [5.74, 6) is 4.91. The molecule has 2 aliphatic heterocycles. The molecule has 3 aromatic carbocycles. The first-order valence-corrected chi connectivity index (χ1v) is 23.9. The number of nitrogens with zero attached hydrogens (tertiary/aromatic N) is 1. The molecule has 3 N–H and O–H groups in total. The Hall–Kier alpha value is -5.72. The van der Waals surface area contributed by atoms with E-state index in [4.69, 9.17) is 23.7 Å². The van der Waals surface area contributed by atoms with Gasteiger partial charge in [0.2, 0.25) is 23.3 Å². The topological polar surface area (TPSA) is 158 Å². The maximum atomic E-state index is 12.3. The number of carbonyl (C=O) groups is 3. The maximum Gasteiger partial charge on any atom is 0.248 e. The second-order valence-electron chi connectivity index (χ2n) is 18.1. The minimum absolute atomic E-state index is 0.109. The summed E-state index contributed by atoms with van der Waals surface area (Å²) in [6, 6.07) is 21.3. The molecule has 9 rings (SSSR count). The summed E-state index contributed by atoms with van der Waals surface area (Å²) in [4.78, 5) is 51.0. The van der Waals surface area contributed by atoms with Crippen molar-refractivity contribution in [2.75, 3.05) is 41.0 Å². The number of H-pyrrole nitrogens is 1. The number of carbonyl (C=O) groups excluding carboxylic acids is 3. The first-order chi connectivity index (χ1) is 31.6. The third kappa shape index (κ3) is 13.4. The van der Waals surface area contributed by atoms with Crippen LogP contribution in [0.5, 0.6) is 28.7 Å². The van der Waals surface area contributed by atoms with Crippen LogP contribution >= 0.6 is 0 Å². The first kappa shape index (κ1) is 47.2. The summed E-state index contributed by atoms with van der Waals surface area (Å²) in [5, 5.41) is 6.69. The van der Waals surface area contributed by atoms with Gasteiger partial charge in [-0.2, -0.15) is 0 Å². The van der Waals surface area contributed by atoms with Gasteiger partial charge in [0, 0.05) is 74.2 Å². The van der Waals surface area contributed by atoms with Gasteiger partial charge in [-0.05, 0) is 130 Å². The number of benzene rings is 3. The lowest BCUT2D eigenvalue weighted by molar-refractivity contribution is -0.132. The Morgan fingerprint density at radius 1 is 0.631 bits per heavy atom. The quantitative estimate of drug-likeness (QED) is 0.105. The molecule has 4 aromatic rings. The molecule has 5 fully saturated rings. The van der Waals surface area contributed by atoms with Gasteiger partial charge in [0.25, 0.3) is 0 Å². The van der Waals surface area contributed by atoms with E-state index in [2.05, 4.69) is 15.6 Å². The van der Waals surface area contributed by atoms with Gasteiger partial charge in [0.1, 0.15) is 5.75 Å². The van der Waals surface area contributed by atoms with Crippen molar-refractivity contribution in [3.8, 4) is 28.7 Å². The van der Waals surface area contributed by atoms with E-state index in [0.29, 0.717) is 63.6 Å². The van der Waals surface area contributed by atoms with E-state index in [1.807, 2.05) is 66.5 Å². The van der Waals surface area contributed by atoms with Crippen molar-refractivity contribution in [2.24, 2.45) is 0 Å². The summed E-state index contributed by atoms with van der Waals surface area (Å²) in [5.41, 5.74) is 2.99. The molecule has 2 atom stereocenters. The molecule has 0 bridgehead atoms. The summed E-state index contributed by atoms with van der Waals surface area (Å²) >= 11 is 0. The zero-order chi connectivity index (χ0) is 45.5. The van der Waals surface area contributed by atoms with Gasteiger partial charge in [0.15, 0.2) is 23.0 Å². The molecule has 65 heavy (non-hydrogen) atoms. The summed E-state index contributed by atoms with van der Waals surface area (Å²) in [6.45, 7) is 1.95. The Labute approximate surface area is 383 Å². The number of ether oxygens (including phenoxy) is 5. The smallest absolute Gasteiger partial charge is 0.248 e. The summed E-state index contributed by atoms with van der Waals surface area (Å²) < 4.78 is 28.7. The molecule has 2 saturated heterocycles. The highest BCUT2D eigenvalue weighted by Crippen LogP contribution is 2.37. The fourth-order valence-corrected chi connectivity index (χ4v) is 9.62. The molecule has 350 valence electrons. The number of fused-ring (bicyclic) bond motifs is 1. The van der Waals surface area contributed by atoms with Crippen LogP contribution in [0.2, 0.25) is 0 Å². The molecular weight excluding hydrogens is 825 g/mol. The van der Waals surface area contributed by atoms with Crippen molar-refractivity contribution >= 4 is 28.6 Å². The zero-order valence-electron chi connectivity index (χ0n) is 38.5. The highest BCUT2D eigenvalue weighted by molar-refractivity contribution is 5.81. The second kappa shape index (κ2) is 23.5. The van der Waals surface area contributed by atoms with Gasteiger partial charge < -0.3 is 44.2 Å². The van der Waals surface area contributed by atoms with E-state index < -0.39 is 0 Å². The normalized spacial score (nSPS) is 19.9. The average Bonchev–Trinajstić information content (AvgIpc) is 4.19. The standard InChI is InChI=1S/C20H26N2O3.2C16H21NO3/c1-22(16-6-3-2-4-7-16)20(24)8-5-13-25-17-10-11-18-15(14-17)9-12-19(23)21-18;2*1-19-14-7-6-11(12-9-16(18)17-10-12)8-15(14)20-13-4-2-3-5-13/h9-12,14,16H,2-8,13H2,1H3,(H,21,23);2*6-8,12-13H,2-5,9-10H2,1H3,(H,17,18). The predicted molar refractivity (Wildman–Crippen MR) is 251 cm³/mol. The highest BCUT2D eigenvalue weighted by atomic mass is 16.5. The van der Waals surface area contributed by atoms with Crippen molar-refractivity contribution in [1.29, 1.82) is 0 Å². The SMILES string of the molecule is CN(C(=O)CCCOc1ccc2[nH]c(=O)ccc2c1)C1CCCCC1.COc1ccc(C2CNC(=O)C2)cc1OC1CCCC1.COc1ccc(C2CNC(=O)C2)cc1OC1CCCC1. The Bertz CT molecular complexity index is 2170. The molecule has 0 spiro atoms. The van der Waals surface area contributed by atoms with E-state index in [1.165, 1.54) is 51.0 Å². The third-order valence-electron chi connectivity index (χ3n) is 13.5. The fourth-order valence-electron chi connectivity index (χ4n) is 9.62. The molecule has 1 aromatic heterocycles. The summed E-state index contributed by atoms with van der Waals surface area (Å²) in [7, 11) is 5.26. The van der Waals surface area contributed by atoms with Gasteiger partial charge in [-0.3, -0.25) is 19.2 Å². The molecule has 2 unspecified atom stereocenters. The second-order valence-corrected chi connectivity index (χ2v) is 18.1. The number of rotatable bonds is 14. The molecule has 3 amide bonds. The van der Waals surface area contributed by atoms with Crippen LogP contribution < -0.4 is 39.9 Å². The van der Waals surface area contributed by atoms with E-state index in [1.54, 1.807) is 20.3 Å². The number of methoxy groups -OCH3 is 2. The number of hydrogen-bond donors (Lipinski definition) is 3. The molecular formula is C52H68N4O9. The number of hydrogen-bond acceptors (Lipinski definition) is 9. The number of pyridine rings is 1. The molecule has 13 nitrogen and oxygen atoms in total. The van der Waals surface area contributed by atoms with Gasteiger partial charge in [-0.15, -0.1) is 0 Å². The molecule has 3 heterocycles. The van der Waals surface area contributed by atoms with Crippen molar-refractivity contribution in [3.63, 3.8) is 0 Å². The third-order valence-corrected chi connectivity index (χ3v) is 13.5. The van der Waals surface area contributed by atoms with Crippen molar-refractivity contribution < 1.29 is 38.1 Å². The monoisotopic (exact) mass is 892 g/mol. The number of amides is 3.